The molecule has 0 aromatic heterocycles. The average molecular weight is 540 g/mol. The summed E-state index contributed by atoms with van der Waals surface area (Å²) >= 11 is 3.35. The number of nitrogens with zero attached hydrogens (tertiary/aromatic N) is 1. The van der Waals surface area contributed by atoms with E-state index in [9.17, 15) is 19.1 Å². The normalized spacial score (nSPS) is 17.1. The number of Topliss-reactive ketones (excluding diaryl/α,β-unsaturated/α-hetero) is 1. The Hall–Kier alpha value is -3.49. The van der Waals surface area contributed by atoms with Crippen molar-refractivity contribution in [2.75, 3.05) is 20.3 Å². The van der Waals surface area contributed by atoms with Gasteiger partial charge in [-0.25, -0.2) is 4.39 Å². The van der Waals surface area contributed by atoms with Crippen LogP contribution in [0.2, 0.25) is 0 Å². The van der Waals surface area contributed by atoms with E-state index in [0.717, 1.165) is 10.0 Å². The molecule has 1 heterocycles. The Kier molecular flexibility index (Phi) is 7.63. The van der Waals surface area contributed by atoms with Crippen LogP contribution in [-0.2, 0) is 20.9 Å². The molecule has 6 nitrogen and oxygen atoms in total. The highest BCUT2D eigenvalue weighted by Crippen LogP contribution is 2.39. The van der Waals surface area contributed by atoms with E-state index in [1.165, 1.54) is 24.1 Å². The highest BCUT2D eigenvalue weighted by atomic mass is 79.9. The van der Waals surface area contributed by atoms with Gasteiger partial charge in [0.25, 0.3) is 11.7 Å². The third-order valence-corrected chi connectivity index (χ3v) is 6.24. The van der Waals surface area contributed by atoms with E-state index in [1.807, 2.05) is 0 Å². The number of hydrogen-bond donors (Lipinski definition) is 1. The maximum atomic E-state index is 13.1. The number of likely N-dealkylation sites (tertiary alicyclic amines) is 1. The fourth-order valence-electron chi connectivity index (χ4n) is 3.90. The van der Waals surface area contributed by atoms with Crippen LogP contribution in [0.5, 0.6) is 5.75 Å². The molecule has 35 heavy (non-hydrogen) atoms. The molecule has 3 aromatic carbocycles. The second kappa shape index (κ2) is 10.8. The van der Waals surface area contributed by atoms with E-state index in [0.29, 0.717) is 16.9 Å². The van der Waals surface area contributed by atoms with Crippen molar-refractivity contribution in [1.29, 1.82) is 0 Å². The molecule has 0 radical (unpaired) electrons. The molecule has 1 saturated heterocycles. The summed E-state index contributed by atoms with van der Waals surface area (Å²) < 4.78 is 24.8. The first-order valence-electron chi connectivity index (χ1n) is 10.9. The van der Waals surface area contributed by atoms with E-state index in [1.54, 1.807) is 60.7 Å². The maximum absolute atomic E-state index is 13.1. The summed E-state index contributed by atoms with van der Waals surface area (Å²) in [4.78, 5) is 27.3. The molecule has 0 bridgehead atoms. The third-order valence-electron chi connectivity index (χ3n) is 5.71. The number of rotatable bonds is 8. The number of ether oxygens (including phenoxy) is 2. The Bertz CT molecular complexity index is 1240. The molecule has 1 atom stereocenters. The number of hydrogen-bond acceptors (Lipinski definition) is 5. The van der Waals surface area contributed by atoms with Gasteiger partial charge in [0, 0.05) is 23.7 Å². The standard InChI is InChI=1S/C27H23BrFNO5/c1-34-15-14-30-24(23(26(32)27(30)33)25(31)19-4-8-20(28)9-5-19)18-6-12-22(13-7-18)35-16-17-2-10-21(29)11-3-17/h2-13,24,31H,14-16H2,1H3/b25-23-. The second-order valence-corrected chi connectivity index (χ2v) is 8.89. The third kappa shape index (κ3) is 5.44. The maximum Gasteiger partial charge on any atom is 0.295 e. The molecule has 0 saturated carbocycles. The van der Waals surface area contributed by atoms with E-state index in [4.69, 9.17) is 9.47 Å². The fourth-order valence-corrected chi connectivity index (χ4v) is 4.17. The minimum Gasteiger partial charge on any atom is -0.507 e. The zero-order chi connectivity index (χ0) is 24.9. The zero-order valence-electron chi connectivity index (χ0n) is 18.9. The number of aliphatic hydroxyl groups excluding tert-OH is 1. The Labute approximate surface area is 210 Å². The van der Waals surface area contributed by atoms with Crippen LogP contribution in [0.1, 0.15) is 22.7 Å². The highest BCUT2D eigenvalue weighted by molar-refractivity contribution is 9.10. The van der Waals surface area contributed by atoms with E-state index in [2.05, 4.69) is 15.9 Å². The van der Waals surface area contributed by atoms with Gasteiger partial charge in [-0.15, -0.1) is 0 Å². The van der Waals surface area contributed by atoms with Gasteiger partial charge in [0.1, 0.15) is 23.9 Å². The Morgan fingerprint density at radius 2 is 1.66 bits per heavy atom. The number of halogens is 2. The number of carbonyl (C=O) groups is 2. The van der Waals surface area contributed by atoms with Crippen molar-refractivity contribution in [2.24, 2.45) is 0 Å². The molecule has 4 rings (SSSR count). The first-order chi connectivity index (χ1) is 16.9. The predicted molar refractivity (Wildman–Crippen MR) is 132 cm³/mol. The molecular weight excluding hydrogens is 517 g/mol. The largest absolute Gasteiger partial charge is 0.507 e. The number of ketones is 1. The Morgan fingerprint density at radius 3 is 2.29 bits per heavy atom. The molecule has 0 spiro atoms. The van der Waals surface area contributed by atoms with Gasteiger partial charge >= 0.3 is 0 Å². The van der Waals surface area contributed by atoms with Crippen molar-refractivity contribution in [3.05, 3.63) is 105 Å². The van der Waals surface area contributed by atoms with Crippen LogP contribution in [0, 0.1) is 5.82 Å². The van der Waals surface area contributed by atoms with Gasteiger partial charge in [0.15, 0.2) is 0 Å². The monoisotopic (exact) mass is 539 g/mol. The van der Waals surface area contributed by atoms with E-state index < -0.39 is 17.7 Å². The Morgan fingerprint density at radius 1 is 1.00 bits per heavy atom. The molecular formula is C27H23BrFNO5. The van der Waals surface area contributed by atoms with Gasteiger partial charge in [-0.3, -0.25) is 9.59 Å². The SMILES string of the molecule is COCCN1C(=O)C(=O)/C(=C(\O)c2ccc(Br)cc2)C1c1ccc(OCc2ccc(F)cc2)cc1. The number of benzene rings is 3. The molecule has 1 fully saturated rings. The quantitative estimate of drug-likeness (QED) is 0.241. The van der Waals surface area contributed by atoms with Crippen LogP contribution in [0.3, 0.4) is 0 Å². The number of carbonyl (C=O) groups excluding carboxylic acids is 2. The first kappa shape index (κ1) is 24.6. The van der Waals surface area contributed by atoms with Gasteiger partial charge < -0.3 is 19.5 Å². The summed E-state index contributed by atoms with van der Waals surface area (Å²) in [6.07, 6.45) is 0. The van der Waals surface area contributed by atoms with Gasteiger partial charge in [0.05, 0.1) is 18.2 Å². The summed E-state index contributed by atoms with van der Waals surface area (Å²) in [5.74, 6) is -1.42. The lowest BCUT2D eigenvalue weighted by Crippen LogP contribution is -2.32. The van der Waals surface area contributed by atoms with Crippen LogP contribution < -0.4 is 4.74 Å². The summed E-state index contributed by atoms with van der Waals surface area (Å²) in [6.45, 7) is 0.682. The molecule has 1 unspecified atom stereocenters. The van der Waals surface area contributed by atoms with Crippen molar-refractivity contribution in [2.45, 2.75) is 12.6 Å². The molecule has 1 amide bonds. The van der Waals surface area contributed by atoms with Gasteiger partial charge in [-0.1, -0.05) is 52.3 Å². The lowest BCUT2D eigenvalue weighted by atomic mass is 9.95. The molecule has 3 aromatic rings. The zero-order valence-corrected chi connectivity index (χ0v) is 20.5. The average Bonchev–Trinajstić information content (AvgIpc) is 3.12. The van der Waals surface area contributed by atoms with Crippen molar-refractivity contribution >= 4 is 33.4 Å². The topological polar surface area (TPSA) is 76.1 Å². The van der Waals surface area contributed by atoms with Crippen LogP contribution >= 0.6 is 15.9 Å². The summed E-state index contributed by atoms with van der Waals surface area (Å²) in [5.41, 5.74) is 1.92. The predicted octanol–water partition coefficient (Wildman–Crippen LogP) is 5.24. The van der Waals surface area contributed by atoms with Crippen molar-refractivity contribution in [1.82, 2.24) is 4.90 Å². The van der Waals surface area contributed by atoms with Crippen LogP contribution in [0.25, 0.3) is 5.76 Å². The fraction of sp³-hybridized carbons (Fsp3) is 0.185. The van der Waals surface area contributed by atoms with Crippen LogP contribution in [0.15, 0.2) is 82.8 Å². The minimum atomic E-state index is -0.778. The van der Waals surface area contributed by atoms with Gasteiger partial charge in [0.2, 0.25) is 0 Å². The lowest BCUT2D eigenvalue weighted by molar-refractivity contribution is -0.140. The van der Waals surface area contributed by atoms with Crippen LogP contribution in [0.4, 0.5) is 4.39 Å². The van der Waals surface area contributed by atoms with E-state index >= 15 is 0 Å². The molecule has 0 aliphatic carbocycles. The van der Waals surface area contributed by atoms with Crippen LogP contribution in [-0.4, -0.2) is 42.0 Å². The first-order valence-corrected chi connectivity index (χ1v) is 11.7. The smallest absolute Gasteiger partial charge is 0.295 e. The number of aliphatic hydroxyl groups is 1. The molecule has 8 heteroatoms. The summed E-state index contributed by atoms with van der Waals surface area (Å²) in [7, 11) is 1.51. The van der Waals surface area contributed by atoms with E-state index in [-0.39, 0.29) is 36.9 Å². The second-order valence-electron chi connectivity index (χ2n) is 7.98. The lowest BCUT2D eigenvalue weighted by Gasteiger charge is -2.25. The van der Waals surface area contributed by atoms with Crippen molar-refractivity contribution in [3.63, 3.8) is 0 Å². The number of amides is 1. The summed E-state index contributed by atoms with van der Waals surface area (Å²) in [5, 5.41) is 11.0. The molecule has 1 aliphatic rings. The van der Waals surface area contributed by atoms with Crippen molar-refractivity contribution in [3.8, 4) is 5.75 Å². The Balaban J connectivity index is 1.65. The van der Waals surface area contributed by atoms with Gasteiger partial charge in [-0.2, -0.15) is 0 Å². The molecule has 1 N–H and O–H groups in total. The minimum absolute atomic E-state index is 0.0217. The van der Waals surface area contributed by atoms with Crippen molar-refractivity contribution < 1.29 is 28.6 Å². The highest BCUT2D eigenvalue weighted by Gasteiger charge is 2.45. The summed E-state index contributed by atoms with van der Waals surface area (Å²) in [6, 6.07) is 19.1. The molecule has 1 aliphatic heterocycles. The number of methoxy groups -OCH3 is 1. The molecule has 180 valence electrons. The van der Waals surface area contributed by atoms with Gasteiger partial charge in [-0.05, 0) is 47.5 Å².